The summed E-state index contributed by atoms with van der Waals surface area (Å²) in [6.07, 6.45) is 2.30. The van der Waals surface area contributed by atoms with E-state index in [9.17, 15) is 17.6 Å². The zero-order chi connectivity index (χ0) is 24.1. The summed E-state index contributed by atoms with van der Waals surface area (Å²) in [5.74, 6) is -0.675. The first-order valence-electron chi connectivity index (χ1n) is 10.8. The van der Waals surface area contributed by atoms with Crippen LogP contribution < -0.4 is 5.32 Å². The number of nitrogens with one attached hydrogen (secondary N) is 1. The molecular weight excluding hydrogens is 475 g/mol. The van der Waals surface area contributed by atoms with Crippen molar-refractivity contribution in [3.8, 4) is 16.8 Å². The van der Waals surface area contributed by atoms with E-state index >= 15 is 0 Å². The van der Waals surface area contributed by atoms with Crippen LogP contribution in [-0.2, 0) is 9.84 Å². The number of aromatic nitrogens is 1. The summed E-state index contributed by atoms with van der Waals surface area (Å²) in [5, 5.41) is 4.28. The van der Waals surface area contributed by atoms with Gasteiger partial charge in [0.2, 0.25) is 0 Å². The number of para-hydroxylation sites is 1. The summed E-state index contributed by atoms with van der Waals surface area (Å²) in [4.78, 5) is 13.1. The van der Waals surface area contributed by atoms with Gasteiger partial charge in [-0.05, 0) is 61.4 Å². The fourth-order valence-electron chi connectivity index (χ4n) is 4.53. The molecule has 3 aromatic carbocycles. The van der Waals surface area contributed by atoms with Gasteiger partial charge in [-0.25, -0.2) is 12.8 Å². The lowest BCUT2D eigenvalue weighted by molar-refractivity contribution is 0.0915. The molecule has 1 aliphatic heterocycles. The maximum Gasteiger partial charge on any atom is 0.251 e. The standard InChI is InChI=1S/C26H22ClFN2O3S/c1-26(12-13-34(32,33)16-26)29-25(31)18-8-11-23-20(14-18)21(17-6-9-19(28)10-7-17)15-30(23)24-5-3-2-4-22(24)27/h2-11,14-15H,12-13,16H2,1H3,(H,29,31)/t26-/m0/s1. The van der Waals surface area contributed by atoms with E-state index in [1.54, 1.807) is 37.3 Å². The maximum absolute atomic E-state index is 13.6. The fraction of sp³-hybridized carbons (Fsp3) is 0.192. The predicted octanol–water partition coefficient (Wildman–Crippen LogP) is 5.40. The van der Waals surface area contributed by atoms with Crippen molar-refractivity contribution < 1.29 is 17.6 Å². The van der Waals surface area contributed by atoms with Crippen molar-refractivity contribution >= 4 is 38.2 Å². The second kappa shape index (κ2) is 8.25. The van der Waals surface area contributed by atoms with Gasteiger partial charge in [-0.15, -0.1) is 0 Å². The lowest BCUT2D eigenvalue weighted by Gasteiger charge is -2.24. The van der Waals surface area contributed by atoms with Gasteiger partial charge in [0.15, 0.2) is 9.84 Å². The van der Waals surface area contributed by atoms with E-state index in [0.717, 1.165) is 27.7 Å². The molecule has 4 aromatic rings. The molecule has 0 aliphatic carbocycles. The van der Waals surface area contributed by atoms with Crippen LogP contribution in [0.1, 0.15) is 23.7 Å². The van der Waals surface area contributed by atoms with Crippen molar-refractivity contribution in [3.05, 3.63) is 89.3 Å². The van der Waals surface area contributed by atoms with E-state index in [1.165, 1.54) is 12.1 Å². The van der Waals surface area contributed by atoms with Crippen LogP contribution in [0.3, 0.4) is 0 Å². The second-order valence-electron chi connectivity index (χ2n) is 8.96. The Labute approximate surface area is 202 Å². The van der Waals surface area contributed by atoms with Gasteiger partial charge >= 0.3 is 0 Å². The number of carbonyl (C=O) groups excluding carboxylic acids is 1. The largest absolute Gasteiger partial charge is 0.346 e. The summed E-state index contributed by atoms with van der Waals surface area (Å²) in [5.41, 5.74) is 2.84. The highest BCUT2D eigenvalue weighted by atomic mass is 35.5. The van der Waals surface area contributed by atoms with Gasteiger partial charge in [0.05, 0.1) is 33.3 Å². The Balaban J connectivity index is 1.62. The van der Waals surface area contributed by atoms with E-state index in [4.69, 9.17) is 11.6 Å². The smallest absolute Gasteiger partial charge is 0.251 e. The SMILES string of the molecule is C[C@]1(NC(=O)c2ccc3c(c2)c(-c2ccc(F)cc2)cn3-c2ccccc2Cl)CCS(=O)(=O)C1. The van der Waals surface area contributed by atoms with Gasteiger partial charge in [0.25, 0.3) is 5.91 Å². The Morgan fingerprint density at radius 1 is 1.09 bits per heavy atom. The molecular formula is C26H22ClFN2O3S. The topological polar surface area (TPSA) is 68.2 Å². The second-order valence-corrected chi connectivity index (χ2v) is 11.6. The Bertz CT molecular complexity index is 1530. The third-order valence-corrected chi connectivity index (χ3v) is 8.48. The Hall–Kier alpha value is -3.16. The number of benzene rings is 3. The normalized spacial score (nSPS) is 19.4. The Morgan fingerprint density at radius 2 is 1.82 bits per heavy atom. The minimum Gasteiger partial charge on any atom is -0.346 e. The van der Waals surface area contributed by atoms with Crippen molar-refractivity contribution in [1.29, 1.82) is 0 Å². The van der Waals surface area contributed by atoms with Gasteiger partial charge in [-0.2, -0.15) is 0 Å². The molecule has 1 atom stereocenters. The van der Waals surface area contributed by atoms with Gasteiger partial charge in [-0.1, -0.05) is 35.9 Å². The number of rotatable bonds is 4. The van der Waals surface area contributed by atoms with E-state index in [0.29, 0.717) is 17.0 Å². The average molecular weight is 497 g/mol. The van der Waals surface area contributed by atoms with Gasteiger partial charge < -0.3 is 9.88 Å². The highest BCUT2D eigenvalue weighted by molar-refractivity contribution is 7.91. The molecule has 1 fully saturated rings. The van der Waals surface area contributed by atoms with Crippen molar-refractivity contribution in [2.24, 2.45) is 0 Å². The molecule has 0 spiro atoms. The summed E-state index contributed by atoms with van der Waals surface area (Å²) >= 11 is 6.47. The number of nitrogens with zero attached hydrogens (tertiary/aromatic N) is 1. The van der Waals surface area contributed by atoms with Crippen molar-refractivity contribution in [2.75, 3.05) is 11.5 Å². The lowest BCUT2D eigenvalue weighted by Crippen LogP contribution is -2.46. The first kappa shape index (κ1) is 22.6. The first-order chi connectivity index (χ1) is 16.1. The molecule has 0 bridgehead atoms. The van der Waals surface area contributed by atoms with Crippen LogP contribution in [0.25, 0.3) is 27.7 Å². The summed E-state index contributed by atoms with van der Waals surface area (Å²) < 4.78 is 39.4. The van der Waals surface area contributed by atoms with Gasteiger partial charge in [0, 0.05) is 22.7 Å². The summed E-state index contributed by atoms with van der Waals surface area (Å²) in [7, 11) is -3.16. The van der Waals surface area contributed by atoms with Gasteiger partial charge in [0.1, 0.15) is 5.82 Å². The predicted molar refractivity (Wildman–Crippen MR) is 133 cm³/mol. The molecule has 1 aliphatic rings. The third-order valence-electron chi connectivity index (χ3n) is 6.25. The summed E-state index contributed by atoms with van der Waals surface area (Å²) in [6.45, 7) is 1.76. The van der Waals surface area contributed by atoms with Crippen LogP contribution in [-0.4, -0.2) is 35.9 Å². The van der Waals surface area contributed by atoms with Gasteiger partial charge in [-0.3, -0.25) is 4.79 Å². The number of amides is 1. The highest BCUT2D eigenvalue weighted by Gasteiger charge is 2.39. The molecule has 1 saturated heterocycles. The third kappa shape index (κ3) is 4.21. The molecule has 1 N–H and O–H groups in total. The molecule has 8 heteroatoms. The van der Waals surface area contributed by atoms with Crippen LogP contribution >= 0.6 is 11.6 Å². The minimum absolute atomic E-state index is 0.0677. The zero-order valence-electron chi connectivity index (χ0n) is 18.4. The average Bonchev–Trinajstić information content (AvgIpc) is 3.30. The van der Waals surface area contributed by atoms with Crippen molar-refractivity contribution in [1.82, 2.24) is 9.88 Å². The Morgan fingerprint density at radius 3 is 2.50 bits per heavy atom. The van der Waals surface area contributed by atoms with Crippen molar-refractivity contribution in [3.63, 3.8) is 0 Å². The Kier molecular flexibility index (Phi) is 5.49. The zero-order valence-corrected chi connectivity index (χ0v) is 20.0. The molecule has 0 unspecified atom stereocenters. The number of hydrogen-bond acceptors (Lipinski definition) is 3. The highest BCUT2D eigenvalue weighted by Crippen LogP contribution is 2.35. The van der Waals surface area contributed by atoms with E-state index in [-0.39, 0.29) is 23.2 Å². The molecule has 0 saturated carbocycles. The monoisotopic (exact) mass is 496 g/mol. The fourth-order valence-corrected chi connectivity index (χ4v) is 6.85. The molecule has 0 radical (unpaired) electrons. The molecule has 174 valence electrons. The molecule has 1 aromatic heterocycles. The molecule has 5 rings (SSSR count). The minimum atomic E-state index is -3.16. The van der Waals surface area contributed by atoms with Crippen LogP contribution in [0.4, 0.5) is 4.39 Å². The number of hydrogen-bond donors (Lipinski definition) is 1. The van der Waals surface area contributed by atoms with E-state index in [1.807, 2.05) is 35.0 Å². The molecule has 34 heavy (non-hydrogen) atoms. The first-order valence-corrected chi connectivity index (χ1v) is 13.0. The van der Waals surface area contributed by atoms with Crippen LogP contribution in [0, 0.1) is 5.82 Å². The summed E-state index contributed by atoms with van der Waals surface area (Å²) in [6, 6.07) is 19.0. The lowest BCUT2D eigenvalue weighted by atomic mass is 10.00. The van der Waals surface area contributed by atoms with Crippen LogP contribution in [0.5, 0.6) is 0 Å². The van der Waals surface area contributed by atoms with E-state index in [2.05, 4.69) is 5.32 Å². The molecule has 1 amide bonds. The number of halogens is 2. The quantitative estimate of drug-likeness (QED) is 0.411. The molecule has 2 heterocycles. The van der Waals surface area contributed by atoms with E-state index < -0.39 is 15.4 Å². The molecule has 5 nitrogen and oxygen atoms in total. The van der Waals surface area contributed by atoms with Crippen LogP contribution in [0.2, 0.25) is 5.02 Å². The van der Waals surface area contributed by atoms with Crippen LogP contribution in [0.15, 0.2) is 72.9 Å². The van der Waals surface area contributed by atoms with Crippen molar-refractivity contribution in [2.45, 2.75) is 18.9 Å². The number of carbonyl (C=O) groups is 1. The maximum atomic E-state index is 13.6. The number of fused-ring (bicyclic) bond motifs is 1. The number of sulfone groups is 1.